The summed E-state index contributed by atoms with van der Waals surface area (Å²) >= 11 is 0. The molecule has 2 aliphatic rings. The highest BCUT2D eigenvalue weighted by Gasteiger charge is 2.31. The van der Waals surface area contributed by atoms with Gasteiger partial charge in [-0.25, -0.2) is 4.79 Å². The standard InChI is InChI=1S/C13H24N4O2/c1-19-13(18)17-8-11(9-17)16-12(14)15-10-6-4-2-3-5-7-10/h10-11H,2-9H2,1H3,(H3,14,15,16). The second kappa shape index (κ2) is 6.63. The SMILES string of the molecule is COC(=O)N1CC(NC(N)=NC2CCCCCC2)C1. The van der Waals surface area contributed by atoms with Crippen molar-refractivity contribution in [1.82, 2.24) is 10.2 Å². The summed E-state index contributed by atoms with van der Waals surface area (Å²) in [5, 5.41) is 3.17. The molecule has 0 aromatic heterocycles. The number of nitrogens with two attached hydrogens (primary N) is 1. The molecule has 0 radical (unpaired) electrons. The van der Waals surface area contributed by atoms with Gasteiger partial charge in [-0.3, -0.25) is 4.99 Å². The molecule has 2 fully saturated rings. The molecule has 1 saturated heterocycles. The Hall–Kier alpha value is -1.46. The number of hydrogen-bond acceptors (Lipinski definition) is 3. The molecule has 0 aromatic carbocycles. The maximum absolute atomic E-state index is 11.2. The quantitative estimate of drug-likeness (QED) is 0.446. The number of guanidine groups is 1. The molecule has 6 nitrogen and oxygen atoms in total. The Morgan fingerprint density at radius 1 is 1.26 bits per heavy atom. The van der Waals surface area contributed by atoms with E-state index in [2.05, 4.69) is 15.0 Å². The predicted octanol–water partition coefficient (Wildman–Crippen LogP) is 1.06. The number of amides is 1. The van der Waals surface area contributed by atoms with Gasteiger partial charge < -0.3 is 20.7 Å². The van der Waals surface area contributed by atoms with Gasteiger partial charge in [0, 0.05) is 13.1 Å². The largest absolute Gasteiger partial charge is 0.453 e. The number of rotatable bonds is 2. The fraction of sp³-hybridized carbons (Fsp3) is 0.846. The zero-order valence-electron chi connectivity index (χ0n) is 11.6. The Morgan fingerprint density at radius 2 is 1.89 bits per heavy atom. The van der Waals surface area contributed by atoms with Crippen LogP contribution < -0.4 is 11.1 Å². The highest BCUT2D eigenvalue weighted by Crippen LogP contribution is 2.19. The molecule has 3 N–H and O–H groups in total. The fourth-order valence-corrected chi connectivity index (χ4v) is 2.68. The number of nitrogens with zero attached hydrogens (tertiary/aromatic N) is 2. The summed E-state index contributed by atoms with van der Waals surface area (Å²) in [6, 6.07) is 0.570. The molecule has 0 aromatic rings. The van der Waals surface area contributed by atoms with E-state index in [1.807, 2.05) is 0 Å². The molecule has 2 rings (SSSR count). The minimum absolute atomic E-state index is 0.202. The summed E-state index contributed by atoms with van der Waals surface area (Å²) in [6.07, 6.45) is 7.13. The summed E-state index contributed by atoms with van der Waals surface area (Å²) in [6.45, 7) is 1.26. The molecule has 1 aliphatic carbocycles. The number of ether oxygens (including phenoxy) is 1. The van der Waals surface area contributed by atoms with Crippen molar-refractivity contribution in [3.05, 3.63) is 0 Å². The van der Waals surface area contributed by atoms with Crippen molar-refractivity contribution < 1.29 is 9.53 Å². The Morgan fingerprint density at radius 3 is 2.47 bits per heavy atom. The first-order valence-electron chi connectivity index (χ1n) is 7.11. The molecule has 1 heterocycles. The van der Waals surface area contributed by atoms with Crippen LogP contribution >= 0.6 is 0 Å². The third kappa shape index (κ3) is 4.01. The van der Waals surface area contributed by atoms with E-state index in [-0.39, 0.29) is 12.1 Å². The van der Waals surface area contributed by atoms with Crippen LogP contribution in [0.3, 0.4) is 0 Å². The summed E-state index contributed by atoms with van der Waals surface area (Å²) in [5.74, 6) is 0.515. The number of nitrogens with one attached hydrogen (secondary N) is 1. The van der Waals surface area contributed by atoms with Crippen LogP contribution in [0.15, 0.2) is 4.99 Å². The predicted molar refractivity (Wildman–Crippen MR) is 74.0 cm³/mol. The highest BCUT2D eigenvalue weighted by molar-refractivity contribution is 5.79. The third-order valence-electron chi connectivity index (χ3n) is 3.81. The summed E-state index contributed by atoms with van der Waals surface area (Å²) in [4.78, 5) is 17.4. The zero-order chi connectivity index (χ0) is 13.7. The van der Waals surface area contributed by atoms with Crippen molar-refractivity contribution in [2.75, 3.05) is 20.2 Å². The highest BCUT2D eigenvalue weighted by atomic mass is 16.5. The zero-order valence-corrected chi connectivity index (χ0v) is 11.6. The Balaban J connectivity index is 1.72. The van der Waals surface area contributed by atoms with Gasteiger partial charge in [0.15, 0.2) is 5.96 Å². The average molecular weight is 268 g/mol. The summed E-state index contributed by atoms with van der Waals surface area (Å²) < 4.78 is 4.64. The maximum Gasteiger partial charge on any atom is 0.409 e. The molecule has 1 amide bonds. The van der Waals surface area contributed by atoms with Crippen molar-refractivity contribution in [2.45, 2.75) is 50.6 Å². The average Bonchev–Trinajstić information content (AvgIpc) is 2.61. The second-order valence-corrected chi connectivity index (χ2v) is 5.38. The van der Waals surface area contributed by atoms with E-state index in [4.69, 9.17) is 5.73 Å². The van der Waals surface area contributed by atoms with Crippen molar-refractivity contribution in [1.29, 1.82) is 0 Å². The van der Waals surface area contributed by atoms with E-state index in [1.165, 1.54) is 32.8 Å². The Bertz CT molecular complexity index is 332. The maximum atomic E-state index is 11.2. The van der Waals surface area contributed by atoms with E-state index < -0.39 is 0 Å². The van der Waals surface area contributed by atoms with Crippen molar-refractivity contribution >= 4 is 12.1 Å². The molecule has 0 bridgehead atoms. The topological polar surface area (TPSA) is 80.0 Å². The minimum atomic E-state index is -0.280. The first-order chi connectivity index (χ1) is 9.19. The van der Waals surface area contributed by atoms with Crippen LogP contribution in [0.4, 0.5) is 4.79 Å². The first kappa shape index (κ1) is 14.0. The molecule has 0 unspecified atom stereocenters. The van der Waals surface area contributed by atoms with Gasteiger partial charge in [0.25, 0.3) is 0 Å². The number of hydrogen-bond donors (Lipinski definition) is 2. The third-order valence-corrected chi connectivity index (χ3v) is 3.81. The molecule has 0 atom stereocenters. The Kier molecular flexibility index (Phi) is 4.87. The number of likely N-dealkylation sites (tertiary alicyclic amines) is 1. The van der Waals surface area contributed by atoms with Gasteiger partial charge in [-0.15, -0.1) is 0 Å². The smallest absolute Gasteiger partial charge is 0.409 e. The Labute approximate surface area is 114 Å². The monoisotopic (exact) mass is 268 g/mol. The molecule has 1 saturated carbocycles. The molecule has 6 heteroatoms. The lowest BCUT2D eigenvalue weighted by Crippen LogP contribution is -2.62. The lowest BCUT2D eigenvalue weighted by Gasteiger charge is -2.38. The lowest BCUT2D eigenvalue weighted by molar-refractivity contribution is 0.0848. The van der Waals surface area contributed by atoms with Gasteiger partial charge in [0.2, 0.25) is 0 Å². The number of carbonyl (C=O) groups excluding carboxylic acids is 1. The van der Waals surface area contributed by atoms with Crippen LogP contribution in [-0.4, -0.2) is 49.2 Å². The molecular weight excluding hydrogens is 244 g/mol. The van der Waals surface area contributed by atoms with Crippen LogP contribution in [0.2, 0.25) is 0 Å². The molecule has 108 valence electrons. The van der Waals surface area contributed by atoms with Crippen LogP contribution in [-0.2, 0) is 4.74 Å². The van der Waals surface area contributed by atoms with Crippen molar-refractivity contribution in [2.24, 2.45) is 10.7 Å². The minimum Gasteiger partial charge on any atom is -0.453 e. The number of aliphatic imine (C=N–C) groups is 1. The van der Waals surface area contributed by atoms with Crippen molar-refractivity contribution in [3.8, 4) is 0 Å². The van der Waals surface area contributed by atoms with E-state index in [9.17, 15) is 4.79 Å². The molecule has 0 spiro atoms. The number of methoxy groups -OCH3 is 1. The molecular formula is C13H24N4O2. The van der Waals surface area contributed by atoms with Gasteiger partial charge in [0.05, 0.1) is 19.2 Å². The van der Waals surface area contributed by atoms with E-state index >= 15 is 0 Å². The van der Waals surface area contributed by atoms with Gasteiger partial charge >= 0.3 is 6.09 Å². The van der Waals surface area contributed by atoms with E-state index in [1.54, 1.807) is 4.90 Å². The summed E-state index contributed by atoms with van der Waals surface area (Å²) in [7, 11) is 1.39. The number of carbonyl (C=O) groups is 1. The van der Waals surface area contributed by atoms with E-state index in [0.29, 0.717) is 25.1 Å². The lowest BCUT2D eigenvalue weighted by atomic mass is 10.1. The van der Waals surface area contributed by atoms with Gasteiger partial charge in [-0.1, -0.05) is 25.7 Å². The second-order valence-electron chi connectivity index (χ2n) is 5.38. The van der Waals surface area contributed by atoms with Gasteiger partial charge in [0.1, 0.15) is 0 Å². The summed E-state index contributed by atoms with van der Waals surface area (Å²) in [5.41, 5.74) is 5.92. The van der Waals surface area contributed by atoms with Crippen LogP contribution in [0.25, 0.3) is 0 Å². The van der Waals surface area contributed by atoms with Crippen LogP contribution in [0, 0.1) is 0 Å². The van der Waals surface area contributed by atoms with Crippen molar-refractivity contribution in [3.63, 3.8) is 0 Å². The van der Waals surface area contributed by atoms with Crippen LogP contribution in [0.1, 0.15) is 38.5 Å². The molecule has 19 heavy (non-hydrogen) atoms. The van der Waals surface area contributed by atoms with Gasteiger partial charge in [-0.05, 0) is 12.8 Å². The molecule has 1 aliphatic heterocycles. The normalized spacial score (nSPS) is 22.6. The van der Waals surface area contributed by atoms with Crippen LogP contribution in [0.5, 0.6) is 0 Å². The first-order valence-corrected chi connectivity index (χ1v) is 7.11. The van der Waals surface area contributed by atoms with Gasteiger partial charge in [-0.2, -0.15) is 0 Å². The fourth-order valence-electron chi connectivity index (χ4n) is 2.68. The van der Waals surface area contributed by atoms with E-state index in [0.717, 1.165) is 12.8 Å².